The van der Waals surface area contributed by atoms with Crippen molar-refractivity contribution >= 4 is 17.2 Å². The lowest BCUT2D eigenvalue weighted by Gasteiger charge is -1.96. The van der Waals surface area contributed by atoms with Crippen molar-refractivity contribution in [1.82, 2.24) is 24.1 Å². The van der Waals surface area contributed by atoms with Crippen LogP contribution in [0.5, 0.6) is 0 Å². The highest BCUT2D eigenvalue weighted by atomic mass is 32.1. The summed E-state index contributed by atoms with van der Waals surface area (Å²) in [6.07, 6.45) is 4.06. The smallest absolute Gasteiger partial charge is 0.231 e. The molecule has 0 unspecified atom stereocenters. The zero-order valence-corrected chi connectivity index (χ0v) is 11.4. The van der Waals surface area contributed by atoms with Crippen LogP contribution in [0, 0.1) is 0 Å². The fourth-order valence-corrected chi connectivity index (χ4v) is 2.66. The van der Waals surface area contributed by atoms with Crippen molar-refractivity contribution in [3.05, 3.63) is 36.4 Å². The van der Waals surface area contributed by atoms with Gasteiger partial charge in [0.15, 0.2) is 5.82 Å². The van der Waals surface area contributed by atoms with Crippen LogP contribution in [-0.2, 0) is 0 Å². The number of benzene rings is 1. The second-order valence-electron chi connectivity index (χ2n) is 4.85. The maximum Gasteiger partial charge on any atom is 0.231 e. The summed E-state index contributed by atoms with van der Waals surface area (Å²) < 4.78 is 6.04. The minimum atomic E-state index is 0.553. The van der Waals surface area contributed by atoms with E-state index in [0.29, 0.717) is 17.4 Å². The molecule has 0 amide bonds. The molecule has 0 bridgehead atoms. The molecule has 1 saturated carbocycles. The summed E-state index contributed by atoms with van der Waals surface area (Å²) in [6.45, 7) is 0. The molecule has 0 aliphatic heterocycles. The zero-order chi connectivity index (χ0) is 13.5. The van der Waals surface area contributed by atoms with E-state index >= 15 is 0 Å². The molecule has 7 heteroatoms. The Bertz CT molecular complexity index is 758. The first-order chi connectivity index (χ1) is 9.79. The van der Waals surface area contributed by atoms with Gasteiger partial charge in [-0.15, -0.1) is 5.10 Å². The van der Waals surface area contributed by atoms with Crippen molar-refractivity contribution in [3.63, 3.8) is 0 Å². The van der Waals surface area contributed by atoms with E-state index in [9.17, 15) is 0 Å². The molecule has 0 atom stereocenters. The molecule has 6 nitrogen and oxygen atoms in total. The quantitative estimate of drug-likeness (QED) is 0.746. The van der Waals surface area contributed by atoms with Crippen LogP contribution in [0.4, 0.5) is 5.69 Å². The molecule has 1 fully saturated rings. The first-order valence-corrected chi connectivity index (χ1v) is 7.18. The molecule has 0 saturated heterocycles. The Labute approximate surface area is 119 Å². The predicted molar refractivity (Wildman–Crippen MR) is 76.6 cm³/mol. The molecule has 0 radical (unpaired) electrons. The molecular formula is C13H12N6S. The number of aromatic nitrogens is 5. The topological polar surface area (TPSA) is 82.5 Å². The van der Waals surface area contributed by atoms with Gasteiger partial charge in [-0.05, 0) is 25.0 Å². The fraction of sp³-hybridized carbons (Fsp3) is 0.231. The third-order valence-electron chi connectivity index (χ3n) is 3.21. The minimum Gasteiger partial charge on any atom is -0.399 e. The highest BCUT2D eigenvalue weighted by Gasteiger charge is 2.28. The summed E-state index contributed by atoms with van der Waals surface area (Å²) in [6, 6.07) is 7.52. The number of hydrogen-bond acceptors (Lipinski definition) is 6. The maximum absolute atomic E-state index is 5.77. The van der Waals surface area contributed by atoms with Crippen molar-refractivity contribution < 1.29 is 0 Å². The average molecular weight is 284 g/mol. The average Bonchev–Trinajstić information content (AvgIpc) is 3.01. The predicted octanol–water partition coefficient (Wildman–Crippen LogP) is 2.25. The summed E-state index contributed by atoms with van der Waals surface area (Å²) >= 11 is 1.36. The number of nitrogen functional groups attached to an aromatic ring is 1. The van der Waals surface area contributed by atoms with Crippen LogP contribution in [0.15, 0.2) is 30.6 Å². The summed E-state index contributed by atoms with van der Waals surface area (Å²) in [7, 11) is 0. The van der Waals surface area contributed by atoms with Crippen LogP contribution in [0.2, 0.25) is 0 Å². The first-order valence-electron chi connectivity index (χ1n) is 6.41. The van der Waals surface area contributed by atoms with E-state index in [-0.39, 0.29) is 0 Å². The molecule has 4 rings (SSSR count). The third-order valence-corrected chi connectivity index (χ3v) is 3.93. The van der Waals surface area contributed by atoms with Crippen molar-refractivity contribution in [3.8, 4) is 16.5 Å². The van der Waals surface area contributed by atoms with Gasteiger partial charge in [0.2, 0.25) is 5.13 Å². The van der Waals surface area contributed by atoms with E-state index in [1.165, 1.54) is 24.4 Å². The van der Waals surface area contributed by atoms with Crippen LogP contribution >= 0.6 is 11.5 Å². The lowest BCUT2D eigenvalue weighted by molar-refractivity contribution is 0.853. The Kier molecular flexibility index (Phi) is 2.53. The Hall–Kier alpha value is -2.28. The van der Waals surface area contributed by atoms with Gasteiger partial charge in [-0.3, -0.25) is 0 Å². The Morgan fingerprint density at radius 2 is 2.20 bits per heavy atom. The monoisotopic (exact) mass is 284 g/mol. The number of anilines is 1. The van der Waals surface area contributed by atoms with Crippen molar-refractivity contribution in [2.45, 2.75) is 18.8 Å². The van der Waals surface area contributed by atoms with Gasteiger partial charge in [0, 0.05) is 28.7 Å². The normalized spacial score (nSPS) is 14.6. The maximum atomic E-state index is 5.77. The van der Waals surface area contributed by atoms with Crippen molar-refractivity contribution in [1.29, 1.82) is 0 Å². The summed E-state index contributed by atoms with van der Waals surface area (Å²) in [5, 5.41) is 5.20. The standard InChI is InChI=1S/C13H12N6S/c14-10-3-1-2-9(6-10)11-15-7-19(17-11)13-16-12(18-20-13)8-4-5-8/h1-3,6-8H,4-5,14H2. The van der Waals surface area contributed by atoms with E-state index in [4.69, 9.17) is 5.73 Å². The molecule has 100 valence electrons. The van der Waals surface area contributed by atoms with Gasteiger partial charge in [0.25, 0.3) is 0 Å². The van der Waals surface area contributed by atoms with E-state index < -0.39 is 0 Å². The Morgan fingerprint density at radius 1 is 1.30 bits per heavy atom. The van der Waals surface area contributed by atoms with Gasteiger partial charge < -0.3 is 5.73 Å². The summed E-state index contributed by atoms with van der Waals surface area (Å²) in [5.74, 6) is 2.13. The number of hydrogen-bond donors (Lipinski definition) is 1. The molecule has 1 aromatic carbocycles. The van der Waals surface area contributed by atoms with Gasteiger partial charge in [0.05, 0.1) is 0 Å². The Balaban J connectivity index is 1.66. The van der Waals surface area contributed by atoms with E-state index in [0.717, 1.165) is 16.5 Å². The van der Waals surface area contributed by atoms with Crippen LogP contribution in [-0.4, -0.2) is 24.1 Å². The lowest BCUT2D eigenvalue weighted by Crippen LogP contribution is -1.95. The summed E-state index contributed by atoms with van der Waals surface area (Å²) in [5.41, 5.74) is 7.37. The van der Waals surface area contributed by atoms with E-state index in [1.54, 1.807) is 11.0 Å². The van der Waals surface area contributed by atoms with Crippen LogP contribution in [0.1, 0.15) is 24.6 Å². The third kappa shape index (κ3) is 2.05. The number of rotatable bonds is 3. The van der Waals surface area contributed by atoms with Gasteiger partial charge in [-0.2, -0.15) is 9.06 Å². The van der Waals surface area contributed by atoms with E-state index in [1.807, 2.05) is 24.3 Å². The fourth-order valence-electron chi connectivity index (χ4n) is 1.99. The summed E-state index contributed by atoms with van der Waals surface area (Å²) in [4.78, 5) is 8.82. The van der Waals surface area contributed by atoms with Gasteiger partial charge in [0.1, 0.15) is 12.2 Å². The SMILES string of the molecule is Nc1cccc(-c2ncn(-c3nc(C4CC4)ns3)n2)c1. The van der Waals surface area contributed by atoms with Crippen LogP contribution in [0.3, 0.4) is 0 Å². The number of nitrogens with zero attached hydrogens (tertiary/aromatic N) is 5. The van der Waals surface area contributed by atoms with Crippen LogP contribution in [0.25, 0.3) is 16.5 Å². The van der Waals surface area contributed by atoms with Crippen LogP contribution < -0.4 is 5.73 Å². The highest BCUT2D eigenvalue weighted by Crippen LogP contribution is 2.39. The van der Waals surface area contributed by atoms with Gasteiger partial charge in [-0.1, -0.05) is 12.1 Å². The molecular weight excluding hydrogens is 272 g/mol. The minimum absolute atomic E-state index is 0.553. The molecule has 0 spiro atoms. The second-order valence-corrected chi connectivity index (χ2v) is 5.58. The largest absolute Gasteiger partial charge is 0.399 e. The molecule has 20 heavy (non-hydrogen) atoms. The van der Waals surface area contributed by atoms with Gasteiger partial charge in [-0.25, -0.2) is 9.97 Å². The second kappa shape index (κ2) is 4.38. The molecule has 3 aromatic rings. The zero-order valence-electron chi connectivity index (χ0n) is 10.6. The van der Waals surface area contributed by atoms with Gasteiger partial charge >= 0.3 is 0 Å². The molecule has 1 aliphatic carbocycles. The lowest BCUT2D eigenvalue weighted by atomic mass is 10.2. The highest BCUT2D eigenvalue weighted by molar-refractivity contribution is 7.08. The van der Waals surface area contributed by atoms with E-state index in [2.05, 4.69) is 19.4 Å². The first kappa shape index (κ1) is 11.5. The molecule has 1 aliphatic rings. The van der Waals surface area contributed by atoms with Crippen molar-refractivity contribution in [2.75, 3.05) is 5.73 Å². The molecule has 2 aromatic heterocycles. The molecule has 2 N–H and O–H groups in total. The molecule has 2 heterocycles. The Morgan fingerprint density at radius 3 is 3.00 bits per heavy atom. The van der Waals surface area contributed by atoms with Crippen molar-refractivity contribution in [2.24, 2.45) is 0 Å². The number of nitrogens with two attached hydrogens (primary N) is 1.